The van der Waals surface area contributed by atoms with Crippen LogP contribution >= 0.6 is 0 Å². The average Bonchev–Trinajstić information content (AvgIpc) is 3.36. The van der Waals surface area contributed by atoms with Crippen LogP contribution in [-0.2, 0) is 33.8 Å². The van der Waals surface area contributed by atoms with Gasteiger partial charge in [0.25, 0.3) is 0 Å². The van der Waals surface area contributed by atoms with Crippen LogP contribution in [0.4, 0.5) is 0 Å². The van der Waals surface area contributed by atoms with Gasteiger partial charge >= 0.3 is 5.97 Å². The van der Waals surface area contributed by atoms with E-state index in [1.807, 2.05) is 6.07 Å². The van der Waals surface area contributed by atoms with E-state index >= 15 is 0 Å². The van der Waals surface area contributed by atoms with Crippen molar-refractivity contribution in [3.8, 4) is 0 Å². The molecule has 2 heterocycles. The standard InChI is InChI=1S/C27H34N2O4.CH3N/c1-21-11-6-7-12-22(2)29(26-15-9-8-14-25(21)26)17-10-4-5-13-23-19-24(33-28-23)20-32-18-16-27(30)31-3;1-2/h6-9,11-12,14-15,19H,4-5,10,13,16-18,20H2,1-3H3;2H,1H2. The Morgan fingerprint density at radius 1 is 1.06 bits per heavy atom. The van der Waals surface area contributed by atoms with Gasteiger partial charge in [-0.2, -0.15) is 0 Å². The van der Waals surface area contributed by atoms with E-state index in [-0.39, 0.29) is 12.4 Å². The molecule has 0 aliphatic heterocycles. The summed E-state index contributed by atoms with van der Waals surface area (Å²) in [5.41, 5.74) is 4.72. The molecule has 188 valence electrons. The summed E-state index contributed by atoms with van der Waals surface area (Å²) in [5, 5.41) is 10.9. The minimum absolute atomic E-state index is 0.236. The molecule has 7 nitrogen and oxygen atoms in total. The van der Waals surface area contributed by atoms with Gasteiger partial charge in [-0.1, -0.05) is 48.0 Å². The number of nitrogens with zero attached hydrogens (tertiary/aromatic N) is 2. The SMILES string of the molecule is C=N.COC(=O)CCOCc1cc(CCCCCn2c(C)ccccc(C)c3ccccc32)no1. The van der Waals surface area contributed by atoms with Gasteiger partial charge in [0.1, 0.15) is 6.61 Å². The highest BCUT2D eigenvalue weighted by Crippen LogP contribution is 2.18. The Morgan fingerprint density at radius 3 is 2.60 bits per heavy atom. The van der Waals surface area contributed by atoms with Crippen LogP contribution in [0.3, 0.4) is 0 Å². The zero-order chi connectivity index (χ0) is 25.5. The van der Waals surface area contributed by atoms with E-state index in [9.17, 15) is 4.79 Å². The van der Waals surface area contributed by atoms with Crippen molar-refractivity contribution in [3.05, 3.63) is 77.3 Å². The molecule has 0 saturated carbocycles. The van der Waals surface area contributed by atoms with Crippen LogP contribution in [0.15, 0.2) is 59.1 Å². The third-order valence-corrected chi connectivity index (χ3v) is 5.69. The number of nitrogens with one attached hydrogen (secondary N) is 1. The molecule has 0 aliphatic carbocycles. The van der Waals surface area contributed by atoms with E-state index in [2.05, 4.69) is 83.6 Å². The maximum atomic E-state index is 11.1. The highest BCUT2D eigenvalue weighted by Gasteiger charge is 2.06. The summed E-state index contributed by atoms with van der Waals surface area (Å²) in [6.45, 7) is 8.43. The Kier molecular flexibility index (Phi) is 12.3. The number of aromatic nitrogens is 2. The number of aryl methyl sites for hydroxylation is 4. The number of carbonyl (C=O) groups excluding carboxylic acids is 1. The lowest BCUT2D eigenvalue weighted by Crippen LogP contribution is -2.05. The van der Waals surface area contributed by atoms with Gasteiger partial charge in [-0.25, -0.2) is 0 Å². The summed E-state index contributed by atoms with van der Waals surface area (Å²) >= 11 is 0. The first-order valence-electron chi connectivity index (χ1n) is 11.9. The zero-order valence-corrected chi connectivity index (χ0v) is 21.1. The molecule has 0 amide bonds. The fourth-order valence-corrected chi connectivity index (χ4v) is 3.83. The molecule has 0 fully saturated rings. The first-order chi connectivity index (χ1) is 17.1. The topological polar surface area (TPSA) is 90.3 Å². The van der Waals surface area contributed by atoms with Crippen LogP contribution in [0, 0.1) is 19.3 Å². The summed E-state index contributed by atoms with van der Waals surface area (Å²) in [4.78, 5) is 11.1. The predicted octanol–water partition coefficient (Wildman–Crippen LogP) is 6.13. The van der Waals surface area contributed by atoms with Crippen LogP contribution in [0.1, 0.15) is 48.4 Å². The van der Waals surface area contributed by atoms with Crippen LogP contribution in [0.2, 0.25) is 0 Å². The number of fused-ring (bicyclic) bond motifs is 1. The number of rotatable bonds is 11. The largest absolute Gasteiger partial charge is 0.469 e. The van der Waals surface area contributed by atoms with Crippen molar-refractivity contribution in [2.45, 2.75) is 59.1 Å². The first-order valence-corrected chi connectivity index (χ1v) is 11.9. The Balaban J connectivity index is 0.00000210. The minimum atomic E-state index is -0.281. The second kappa shape index (κ2) is 15.5. The van der Waals surface area contributed by atoms with Gasteiger partial charge in [-0.15, -0.1) is 0 Å². The molecular formula is C28H37N3O4. The monoisotopic (exact) mass is 479 g/mol. The molecule has 2 aromatic heterocycles. The number of benzene rings is 1. The number of methoxy groups -OCH3 is 1. The summed E-state index contributed by atoms with van der Waals surface area (Å²) in [7, 11) is 1.37. The van der Waals surface area contributed by atoms with E-state index in [4.69, 9.17) is 14.7 Å². The van der Waals surface area contributed by atoms with Crippen LogP contribution in [-0.4, -0.2) is 36.1 Å². The number of ether oxygens (including phenoxy) is 2. The van der Waals surface area contributed by atoms with Crippen molar-refractivity contribution < 1.29 is 18.8 Å². The minimum Gasteiger partial charge on any atom is -0.469 e. The summed E-state index contributed by atoms with van der Waals surface area (Å²) in [6.07, 6.45) is 4.36. The second-order valence-electron chi connectivity index (χ2n) is 8.19. The van der Waals surface area contributed by atoms with Gasteiger partial charge in [0.05, 0.1) is 25.8 Å². The fraction of sp³-hybridized carbons (Fsp3) is 0.393. The lowest BCUT2D eigenvalue weighted by atomic mass is 10.1. The molecule has 7 heteroatoms. The second-order valence-corrected chi connectivity index (χ2v) is 8.19. The smallest absolute Gasteiger partial charge is 0.307 e. The molecule has 1 aromatic carbocycles. The van der Waals surface area contributed by atoms with Gasteiger partial charge in [0.2, 0.25) is 0 Å². The van der Waals surface area contributed by atoms with Crippen molar-refractivity contribution >= 4 is 23.6 Å². The van der Waals surface area contributed by atoms with Crippen molar-refractivity contribution in [2.75, 3.05) is 13.7 Å². The molecule has 3 aromatic rings. The summed E-state index contributed by atoms with van der Waals surface area (Å²) in [6, 6.07) is 19.1. The fourth-order valence-electron chi connectivity index (χ4n) is 3.83. The normalized spacial score (nSPS) is 10.4. The Hall–Kier alpha value is -3.45. The molecule has 0 aliphatic rings. The van der Waals surface area contributed by atoms with Gasteiger partial charge < -0.3 is 24.0 Å². The van der Waals surface area contributed by atoms with Crippen LogP contribution in [0.5, 0.6) is 0 Å². The maximum Gasteiger partial charge on any atom is 0.307 e. The lowest BCUT2D eigenvalue weighted by Gasteiger charge is -2.13. The van der Waals surface area contributed by atoms with Gasteiger partial charge in [-0.3, -0.25) is 4.79 Å². The van der Waals surface area contributed by atoms with Gasteiger partial charge in [0.15, 0.2) is 5.76 Å². The average molecular weight is 480 g/mol. The predicted molar refractivity (Wildman–Crippen MR) is 139 cm³/mol. The van der Waals surface area contributed by atoms with Crippen LogP contribution in [0.25, 0.3) is 10.9 Å². The van der Waals surface area contributed by atoms with E-state index in [0.717, 1.165) is 37.9 Å². The van der Waals surface area contributed by atoms with E-state index < -0.39 is 0 Å². The van der Waals surface area contributed by atoms with Crippen LogP contribution < -0.4 is 0 Å². The Morgan fingerprint density at radius 2 is 1.80 bits per heavy atom. The lowest BCUT2D eigenvalue weighted by molar-refractivity contribution is -0.142. The molecule has 0 atom stereocenters. The van der Waals surface area contributed by atoms with Gasteiger partial charge in [-0.05, 0) is 57.5 Å². The zero-order valence-electron chi connectivity index (χ0n) is 21.1. The highest BCUT2D eigenvalue weighted by atomic mass is 16.5. The number of hydrogen-bond acceptors (Lipinski definition) is 6. The van der Waals surface area contributed by atoms with E-state index in [1.54, 1.807) is 0 Å². The summed E-state index contributed by atoms with van der Waals surface area (Å²) < 4.78 is 17.8. The number of esters is 1. The van der Waals surface area contributed by atoms with Crippen molar-refractivity contribution in [1.29, 1.82) is 5.41 Å². The van der Waals surface area contributed by atoms with Crippen molar-refractivity contribution in [3.63, 3.8) is 0 Å². The molecule has 0 bridgehead atoms. The number of para-hydroxylation sites is 1. The van der Waals surface area contributed by atoms with E-state index in [0.29, 0.717) is 19.0 Å². The molecule has 0 unspecified atom stereocenters. The number of hydrogen-bond donors (Lipinski definition) is 1. The number of carbonyl (C=O) groups is 1. The van der Waals surface area contributed by atoms with Crippen molar-refractivity contribution in [1.82, 2.24) is 9.72 Å². The quantitative estimate of drug-likeness (QED) is 0.203. The third kappa shape index (κ3) is 9.02. The molecule has 1 N–H and O–H groups in total. The Labute approximate surface area is 207 Å². The molecule has 0 saturated heterocycles. The molecule has 0 radical (unpaired) electrons. The summed E-state index contributed by atoms with van der Waals surface area (Å²) in [5.74, 6) is 0.400. The maximum absolute atomic E-state index is 11.1. The highest BCUT2D eigenvalue weighted by molar-refractivity contribution is 5.81. The van der Waals surface area contributed by atoms with Crippen molar-refractivity contribution in [2.24, 2.45) is 0 Å². The molecule has 35 heavy (non-hydrogen) atoms. The molecule has 3 rings (SSSR count). The first kappa shape index (κ1) is 27.8. The van der Waals surface area contributed by atoms with Gasteiger partial charge in [0, 0.05) is 29.2 Å². The van der Waals surface area contributed by atoms with E-state index in [1.165, 1.54) is 29.3 Å². The molecule has 0 spiro atoms. The molecular weight excluding hydrogens is 442 g/mol. The third-order valence-electron chi connectivity index (χ3n) is 5.69. The Bertz CT molecular complexity index is 1120. The number of unbranched alkanes of at least 4 members (excludes halogenated alkanes) is 2.